The number of likely N-dealkylation sites (tertiary alicyclic amines) is 1. The molecule has 1 aliphatic heterocycles. The van der Waals surface area contributed by atoms with Gasteiger partial charge < -0.3 is 10.4 Å². The summed E-state index contributed by atoms with van der Waals surface area (Å²) >= 11 is 0. The molecule has 0 spiro atoms. The van der Waals surface area contributed by atoms with E-state index in [-0.39, 0.29) is 24.8 Å². The number of nitrogens with one attached hydrogen (secondary N) is 1. The average Bonchev–Trinajstić information content (AvgIpc) is 3.58. The van der Waals surface area contributed by atoms with Crippen LogP contribution in [0.3, 0.4) is 0 Å². The van der Waals surface area contributed by atoms with Crippen molar-refractivity contribution in [3.8, 4) is 5.75 Å². The number of anilines is 1. The molecule has 1 heterocycles. The van der Waals surface area contributed by atoms with Gasteiger partial charge in [0.25, 0.3) is 0 Å². The molecule has 32 heavy (non-hydrogen) atoms. The van der Waals surface area contributed by atoms with Crippen LogP contribution in [-0.4, -0.2) is 29.1 Å². The first kappa shape index (κ1) is 23.7. The lowest BCUT2D eigenvalue weighted by Gasteiger charge is -2.59. The predicted octanol–water partition coefficient (Wildman–Crippen LogP) is 6.32. The molecule has 2 saturated carbocycles. The van der Waals surface area contributed by atoms with Gasteiger partial charge in [0.1, 0.15) is 5.75 Å². The molecule has 3 fully saturated rings. The standard InChI is InChI=1S/C27H34N2O.2ClH/c30-23-5-3-4-20(14-23)17-28-22-9-10-24-21(15-22)16-26-25-6-1-2-11-27(24,25)12-13-29(26)18-19-7-8-19;;/h3-5,9-10,14-15,19,25-26,28,30H,1-2,6-8,11-13,16-18H2;2*1H/t25-,26+,27-;;/m0../s1. The van der Waals surface area contributed by atoms with E-state index >= 15 is 0 Å². The Morgan fingerprint density at radius 1 is 1.00 bits per heavy atom. The van der Waals surface area contributed by atoms with Crippen molar-refractivity contribution in [2.24, 2.45) is 11.8 Å². The first-order chi connectivity index (χ1) is 14.7. The highest BCUT2D eigenvalue weighted by atomic mass is 35.5. The van der Waals surface area contributed by atoms with Crippen molar-refractivity contribution in [2.45, 2.75) is 69.4 Å². The number of halogens is 2. The van der Waals surface area contributed by atoms with Crippen molar-refractivity contribution < 1.29 is 5.11 Å². The number of phenols is 1. The number of rotatable bonds is 5. The molecule has 0 aromatic heterocycles. The van der Waals surface area contributed by atoms with Crippen LogP contribution in [0.2, 0.25) is 0 Å². The Morgan fingerprint density at radius 2 is 1.88 bits per heavy atom. The van der Waals surface area contributed by atoms with Crippen molar-refractivity contribution >= 4 is 30.5 Å². The van der Waals surface area contributed by atoms with Gasteiger partial charge in [-0.25, -0.2) is 0 Å². The van der Waals surface area contributed by atoms with Gasteiger partial charge >= 0.3 is 0 Å². The van der Waals surface area contributed by atoms with Crippen molar-refractivity contribution in [1.29, 1.82) is 0 Å². The van der Waals surface area contributed by atoms with E-state index in [1.165, 1.54) is 70.1 Å². The van der Waals surface area contributed by atoms with Crippen LogP contribution in [0.1, 0.15) is 61.6 Å². The summed E-state index contributed by atoms with van der Waals surface area (Å²) in [6.45, 7) is 3.41. The summed E-state index contributed by atoms with van der Waals surface area (Å²) in [7, 11) is 0. The fourth-order valence-corrected chi connectivity index (χ4v) is 6.95. The van der Waals surface area contributed by atoms with Crippen molar-refractivity contribution in [3.63, 3.8) is 0 Å². The minimum atomic E-state index is 0. The summed E-state index contributed by atoms with van der Waals surface area (Å²) in [5, 5.41) is 13.3. The second-order valence-electron chi connectivity index (χ2n) is 10.4. The molecule has 1 saturated heterocycles. The van der Waals surface area contributed by atoms with Crippen molar-refractivity contribution in [1.82, 2.24) is 4.90 Å². The van der Waals surface area contributed by atoms with E-state index in [4.69, 9.17) is 0 Å². The van der Waals surface area contributed by atoms with E-state index in [0.29, 0.717) is 11.2 Å². The van der Waals surface area contributed by atoms with Crippen LogP contribution in [0.25, 0.3) is 0 Å². The Labute approximate surface area is 204 Å². The third kappa shape index (κ3) is 4.24. The number of fused-ring (bicyclic) bond motifs is 1. The molecule has 2 bridgehead atoms. The van der Waals surface area contributed by atoms with E-state index in [2.05, 4.69) is 34.5 Å². The van der Waals surface area contributed by atoms with Gasteiger partial charge in [-0.2, -0.15) is 0 Å². The highest BCUT2D eigenvalue weighted by molar-refractivity contribution is 5.85. The summed E-state index contributed by atoms with van der Waals surface area (Å²) in [6.07, 6.45) is 11.2. The van der Waals surface area contributed by atoms with Crippen molar-refractivity contribution in [2.75, 3.05) is 18.4 Å². The van der Waals surface area contributed by atoms with Gasteiger partial charge in [-0.15, -0.1) is 24.8 Å². The van der Waals surface area contributed by atoms with Gasteiger partial charge in [0.15, 0.2) is 0 Å². The molecule has 5 heteroatoms. The highest BCUT2D eigenvalue weighted by Gasteiger charge is 2.54. The molecule has 2 aromatic carbocycles. The second-order valence-corrected chi connectivity index (χ2v) is 10.4. The molecule has 4 aliphatic rings. The average molecular weight is 476 g/mol. The maximum absolute atomic E-state index is 9.73. The van der Waals surface area contributed by atoms with Crippen LogP contribution in [0.15, 0.2) is 42.5 Å². The first-order valence-corrected chi connectivity index (χ1v) is 12.1. The maximum Gasteiger partial charge on any atom is 0.115 e. The largest absolute Gasteiger partial charge is 0.508 e. The van der Waals surface area contributed by atoms with Crippen LogP contribution in [-0.2, 0) is 18.4 Å². The topological polar surface area (TPSA) is 35.5 Å². The van der Waals surface area contributed by atoms with Gasteiger partial charge in [0, 0.05) is 30.2 Å². The van der Waals surface area contributed by atoms with Gasteiger partial charge in [0.05, 0.1) is 0 Å². The van der Waals surface area contributed by atoms with E-state index in [1.807, 2.05) is 12.1 Å². The Balaban J connectivity index is 0.00000122. The third-order valence-electron chi connectivity index (χ3n) is 8.54. The minimum absolute atomic E-state index is 0. The SMILES string of the molecule is Cl.Cl.Oc1cccc(CNc2ccc3c(c2)C[C@@H]2[C@@H]4CCCC[C@]34CCN2CC2CC2)c1. The zero-order chi connectivity index (χ0) is 20.1. The van der Waals surface area contributed by atoms with Crippen LogP contribution in [0.5, 0.6) is 5.75 Å². The fraction of sp³-hybridized carbons (Fsp3) is 0.556. The minimum Gasteiger partial charge on any atom is -0.508 e. The first-order valence-electron chi connectivity index (χ1n) is 12.1. The number of aromatic hydroxyl groups is 1. The molecule has 174 valence electrons. The predicted molar refractivity (Wildman–Crippen MR) is 136 cm³/mol. The lowest BCUT2D eigenvalue weighted by atomic mass is 9.52. The molecule has 0 radical (unpaired) electrons. The maximum atomic E-state index is 9.73. The molecule has 2 aromatic rings. The summed E-state index contributed by atoms with van der Waals surface area (Å²) in [4.78, 5) is 2.89. The number of benzene rings is 2. The number of hydrogen-bond donors (Lipinski definition) is 2. The lowest BCUT2D eigenvalue weighted by molar-refractivity contribution is -0.0133. The quantitative estimate of drug-likeness (QED) is 0.532. The number of phenolic OH excluding ortho intramolecular Hbond substituents is 1. The molecular weight excluding hydrogens is 439 g/mol. The number of piperidine rings is 1. The normalized spacial score (nSPS) is 28.5. The van der Waals surface area contributed by atoms with Gasteiger partial charge in [-0.3, -0.25) is 4.90 Å². The Hall–Kier alpha value is -1.42. The Kier molecular flexibility index (Phi) is 7.00. The molecule has 2 N–H and O–H groups in total. The number of hydrogen-bond acceptors (Lipinski definition) is 3. The lowest BCUT2D eigenvalue weighted by Crippen LogP contribution is -2.61. The molecule has 3 aliphatic carbocycles. The second kappa shape index (κ2) is 9.44. The van der Waals surface area contributed by atoms with Crippen LogP contribution in [0.4, 0.5) is 5.69 Å². The summed E-state index contributed by atoms with van der Waals surface area (Å²) in [6, 6.07) is 15.5. The molecule has 3 atom stereocenters. The van der Waals surface area contributed by atoms with Crippen molar-refractivity contribution in [3.05, 3.63) is 59.2 Å². The van der Waals surface area contributed by atoms with E-state index in [1.54, 1.807) is 17.2 Å². The molecule has 0 unspecified atom stereocenters. The van der Waals surface area contributed by atoms with E-state index in [0.717, 1.165) is 30.0 Å². The third-order valence-corrected chi connectivity index (χ3v) is 8.54. The van der Waals surface area contributed by atoms with Crippen LogP contribution in [0, 0.1) is 11.8 Å². The molecular formula is C27H36Cl2N2O. The van der Waals surface area contributed by atoms with E-state index in [9.17, 15) is 5.11 Å². The Bertz CT molecular complexity index is 947. The molecule has 3 nitrogen and oxygen atoms in total. The zero-order valence-electron chi connectivity index (χ0n) is 18.8. The van der Waals surface area contributed by atoms with Gasteiger partial charge in [0.2, 0.25) is 0 Å². The highest BCUT2D eigenvalue weighted by Crippen LogP contribution is 2.56. The van der Waals surface area contributed by atoms with Gasteiger partial charge in [-0.1, -0.05) is 31.0 Å². The zero-order valence-corrected chi connectivity index (χ0v) is 20.4. The summed E-state index contributed by atoms with van der Waals surface area (Å²) < 4.78 is 0. The van der Waals surface area contributed by atoms with E-state index < -0.39 is 0 Å². The van der Waals surface area contributed by atoms with Crippen LogP contribution < -0.4 is 5.32 Å². The Morgan fingerprint density at radius 3 is 2.69 bits per heavy atom. The smallest absolute Gasteiger partial charge is 0.115 e. The summed E-state index contributed by atoms with van der Waals surface area (Å²) in [5.41, 5.74) is 6.05. The number of nitrogens with zero attached hydrogens (tertiary/aromatic N) is 1. The van der Waals surface area contributed by atoms with Crippen LogP contribution >= 0.6 is 24.8 Å². The molecule has 0 amide bonds. The van der Waals surface area contributed by atoms with Gasteiger partial charge in [-0.05, 0) is 97.9 Å². The fourth-order valence-electron chi connectivity index (χ4n) is 6.95. The molecule has 6 rings (SSSR count). The summed E-state index contributed by atoms with van der Waals surface area (Å²) in [5.74, 6) is 2.20. The monoisotopic (exact) mass is 474 g/mol.